The molecule has 0 fully saturated rings. The molecule has 0 radical (unpaired) electrons. The molecule has 0 bridgehead atoms. The monoisotopic (exact) mass is 408 g/mol. The van der Waals surface area contributed by atoms with Crippen LogP contribution in [0.4, 0.5) is 0 Å². The van der Waals surface area contributed by atoms with E-state index in [0.717, 1.165) is 0 Å². The zero-order chi connectivity index (χ0) is 12.2. The van der Waals surface area contributed by atoms with E-state index in [-0.39, 0.29) is 80.3 Å². The summed E-state index contributed by atoms with van der Waals surface area (Å²) in [4.78, 5) is 37.0. The SMILES string of the molecule is O=P(O)(O)O.O=P(O)(O)OS(=O)(=O)O.[CaH2].[MgH2].[Zn]. The molecule has 6 N–H and O–H groups in total. The van der Waals surface area contributed by atoms with E-state index in [2.05, 4.69) is 3.97 Å². The van der Waals surface area contributed by atoms with Gasteiger partial charge in [0.15, 0.2) is 0 Å². The first-order valence-corrected chi connectivity index (χ1v) is 6.69. The third-order valence-electron chi connectivity index (χ3n) is 0.191. The number of rotatable bonds is 2. The molecule has 98 valence electrons. The molecule has 0 aromatic carbocycles. The maximum atomic E-state index is 9.58. The Hall–Kier alpha value is 2.78. The molecule has 0 saturated carbocycles. The molecule has 0 aliphatic heterocycles. The molecule has 0 heterocycles. The van der Waals surface area contributed by atoms with Gasteiger partial charge in [0.1, 0.15) is 0 Å². The molecule has 11 nitrogen and oxygen atoms in total. The average molecular weight is 410 g/mol. The third-order valence-corrected chi connectivity index (χ3v) is 1.72. The van der Waals surface area contributed by atoms with E-state index in [1.54, 1.807) is 0 Å². The van der Waals surface area contributed by atoms with Crippen LogP contribution < -0.4 is 0 Å². The van der Waals surface area contributed by atoms with Crippen molar-refractivity contribution in [3.05, 3.63) is 0 Å². The minimum absolute atomic E-state index is 0. The Morgan fingerprint density at radius 1 is 0.941 bits per heavy atom. The minimum Gasteiger partial charge on any atom is 0 e. The van der Waals surface area contributed by atoms with E-state index in [1.165, 1.54) is 0 Å². The van der Waals surface area contributed by atoms with Crippen LogP contribution in [0.25, 0.3) is 0 Å². The van der Waals surface area contributed by atoms with Gasteiger partial charge in [0, 0.05) is 19.5 Å². The van der Waals surface area contributed by atoms with Gasteiger partial charge in [-0.15, -0.1) is 3.97 Å². The van der Waals surface area contributed by atoms with Crippen LogP contribution in [0.1, 0.15) is 0 Å². The third kappa shape index (κ3) is 68.6. The Bertz CT molecular complexity index is 343. The Morgan fingerprint density at radius 3 is 1.12 bits per heavy atom. The fourth-order valence-corrected chi connectivity index (χ4v) is 1.10. The summed E-state index contributed by atoms with van der Waals surface area (Å²) in [7, 11) is -14.8. The molecule has 17 heavy (non-hydrogen) atoms. The predicted octanol–water partition coefficient (Wildman–Crippen LogP) is -3.87. The van der Waals surface area contributed by atoms with Gasteiger partial charge >= 0.3 is 86.8 Å². The molecule has 0 aromatic heterocycles. The molecule has 0 aliphatic carbocycles. The molecular formula is H10CaMgO11P2SZn. The Morgan fingerprint density at radius 2 is 1.12 bits per heavy atom. The van der Waals surface area contributed by atoms with Gasteiger partial charge < -0.3 is 24.5 Å². The molecule has 0 amide bonds. The van der Waals surface area contributed by atoms with Gasteiger partial charge in [0.25, 0.3) is 0 Å². The van der Waals surface area contributed by atoms with E-state index in [0.29, 0.717) is 0 Å². The van der Waals surface area contributed by atoms with Crippen LogP contribution in [0.5, 0.6) is 0 Å². The predicted molar refractivity (Wildman–Crippen MR) is 56.0 cm³/mol. The van der Waals surface area contributed by atoms with Crippen molar-refractivity contribution < 1.29 is 70.0 Å². The van der Waals surface area contributed by atoms with Gasteiger partial charge in [-0.05, 0) is 0 Å². The summed E-state index contributed by atoms with van der Waals surface area (Å²) in [5, 5.41) is 0. The summed E-state index contributed by atoms with van der Waals surface area (Å²) >= 11 is 0. The molecular weight excluding hydrogens is 400 g/mol. The summed E-state index contributed by atoms with van der Waals surface area (Å²) < 4.78 is 47.9. The van der Waals surface area contributed by atoms with Gasteiger partial charge in [0.05, 0.1) is 0 Å². The van der Waals surface area contributed by atoms with E-state index >= 15 is 0 Å². The first-order valence-electron chi connectivity index (χ1n) is 2.23. The van der Waals surface area contributed by atoms with Gasteiger partial charge in [-0.25, -0.2) is 9.13 Å². The first kappa shape index (κ1) is 31.9. The van der Waals surface area contributed by atoms with Crippen LogP contribution in [0.2, 0.25) is 0 Å². The summed E-state index contributed by atoms with van der Waals surface area (Å²) in [5.41, 5.74) is 0. The molecule has 0 spiro atoms. The number of hydrogen-bond donors (Lipinski definition) is 6. The fourth-order valence-electron chi connectivity index (χ4n) is 0.123. The summed E-state index contributed by atoms with van der Waals surface area (Å²) in [6.07, 6.45) is 0. The van der Waals surface area contributed by atoms with Gasteiger partial charge in [-0.1, -0.05) is 0 Å². The van der Waals surface area contributed by atoms with Crippen molar-refractivity contribution in [1.82, 2.24) is 0 Å². The van der Waals surface area contributed by atoms with Crippen molar-refractivity contribution in [2.75, 3.05) is 0 Å². The van der Waals surface area contributed by atoms with Crippen molar-refractivity contribution in [2.45, 2.75) is 0 Å². The largest absolute Gasteiger partial charge is 0.316 e. The maximum Gasteiger partial charge on any atom is 0.316 e. The van der Waals surface area contributed by atoms with Crippen molar-refractivity contribution in [1.29, 1.82) is 0 Å². The van der Waals surface area contributed by atoms with Crippen LogP contribution in [0, 0.1) is 0 Å². The standard InChI is InChI=1S/Ca.Mg.H3O7PS.H3O4P.Zn.4H/c;;1-8(2,3)7-9(4,5)6;1-5(2,3)4;;;;;/h;;(H2,1,2,3)(H,4,5,6);(H3,1,2,3,4);;;;;. The van der Waals surface area contributed by atoms with E-state index in [9.17, 15) is 13.0 Å². The summed E-state index contributed by atoms with van der Waals surface area (Å²) in [6, 6.07) is 0. The normalized spacial score (nSPS) is 10.7. The van der Waals surface area contributed by atoms with Crippen LogP contribution >= 0.6 is 15.6 Å². The molecule has 17 heteroatoms. The van der Waals surface area contributed by atoms with Crippen molar-refractivity contribution >= 4 is 86.8 Å². The Labute approximate surface area is 155 Å². The zero-order valence-corrected chi connectivity index (χ0v) is 12.3. The van der Waals surface area contributed by atoms with Gasteiger partial charge in [-0.2, -0.15) is 8.42 Å². The van der Waals surface area contributed by atoms with Crippen LogP contribution in [-0.4, -0.2) is 98.2 Å². The van der Waals surface area contributed by atoms with E-state index in [1.807, 2.05) is 0 Å². The van der Waals surface area contributed by atoms with Gasteiger partial charge in [-0.3, -0.25) is 4.55 Å². The van der Waals surface area contributed by atoms with E-state index < -0.39 is 26.0 Å². The molecule has 0 unspecified atom stereocenters. The maximum absolute atomic E-state index is 9.58. The second-order valence-electron chi connectivity index (χ2n) is 1.51. The van der Waals surface area contributed by atoms with Crippen molar-refractivity contribution in [2.24, 2.45) is 0 Å². The van der Waals surface area contributed by atoms with E-state index in [4.69, 9.17) is 33.6 Å². The molecule has 0 aliphatic rings. The van der Waals surface area contributed by atoms with Crippen LogP contribution in [0.3, 0.4) is 0 Å². The number of hydrogen-bond acceptors (Lipinski definition) is 5. The van der Waals surface area contributed by atoms with Crippen LogP contribution in [0.15, 0.2) is 0 Å². The second kappa shape index (κ2) is 12.5. The Balaban J connectivity index is -0.0000000533. The minimum atomic E-state index is -5.13. The smallest absolute Gasteiger partial charge is 0 e. The molecule has 0 atom stereocenters. The van der Waals surface area contributed by atoms with Crippen molar-refractivity contribution in [3.63, 3.8) is 0 Å². The molecule has 0 rings (SSSR count). The molecule has 0 aromatic rings. The summed E-state index contributed by atoms with van der Waals surface area (Å²) in [6.45, 7) is 0. The zero-order valence-electron chi connectivity index (χ0n) is 6.73. The molecule has 0 saturated heterocycles. The van der Waals surface area contributed by atoms with Crippen LogP contribution in [-0.2, 0) is 43.0 Å². The number of phosphoric acid groups is 2. The van der Waals surface area contributed by atoms with Crippen molar-refractivity contribution in [3.8, 4) is 0 Å². The average Bonchev–Trinajstić information content (AvgIpc) is 1.42. The topological polar surface area (TPSA) is 199 Å². The fraction of sp³-hybridized carbons (Fsp3) is 0. The summed E-state index contributed by atoms with van der Waals surface area (Å²) in [5.74, 6) is 0. The Kier molecular flexibility index (Phi) is 23.5. The van der Waals surface area contributed by atoms with Gasteiger partial charge in [0.2, 0.25) is 0 Å². The second-order valence-corrected chi connectivity index (χ2v) is 4.97. The quantitative estimate of drug-likeness (QED) is 0.148. The first-order chi connectivity index (χ1) is 5.71.